The Labute approximate surface area is 129 Å². The van der Waals surface area contributed by atoms with Crippen LogP contribution in [0, 0.1) is 17.3 Å². The van der Waals surface area contributed by atoms with E-state index in [1.807, 2.05) is 6.08 Å². The van der Waals surface area contributed by atoms with Gasteiger partial charge in [0.25, 0.3) is 0 Å². The molecule has 0 N–H and O–H groups in total. The van der Waals surface area contributed by atoms with Crippen molar-refractivity contribution in [2.24, 2.45) is 17.3 Å². The second kappa shape index (κ2) is 5.82. The van der Waals surface area contributed by atoms with Crippen LogP contribution >= 0.6 is 0 Å². The third-order valence-electron chi connectivity index (χ3n) is 5.08. The van der Waals surface area contributed by atoms with Gasteiger partial charge in [-0.3, -0.25) is 4.79 Å². The number of allylic oxidation sites excluding steroid dienone is 4. The predicted octanol–water partition coefficient (Wildman–Crippen LogP) is 4.82. The summed E-state index contributed by atoms with van der Waals surface area (Å²) in [5.74, 6) is 0.323. The number of hydrogen-bond acceptors (Lipinski definition) is 2. The molecule has 1 fully saturated rings. The van der Waals surface area contributed by atoms with E-state index in [1.165, 1.54) is 16.7 Å². The van der Waals surface area contributed by atoms with Gasteiger partial charge in [-0.05, 0) is 56.9 Å². The molecule has 3 atom stereocenters. The molecule has 21 heavy (non-hydrogen) atoms. The Bertz CT molecular complexity index is 504. The zero-order valence-electron chi connectivity index (χ0n) is 14.0. The fourth-order valence-corrected chi connectivity index (χ4v) is 3.54. The van der Waals surface area contributed by atoms with E-state index in [-0.39, 0.29) is 23.4 Å². The lowest BCUT2D eigenvalue weighted by molar-refractivity contribution is -0.149. The Morgan fingerprint density at radius 1 is 1.43 bits per heavy atom. The summed E-state index contributed by atoms with van der Waals surface area (Å²) in [6.07, 6.45) is 7.00. The highest BCUT2D eigenvalue weighted by atomic mass is 16.5. The van der Waals surface area contributed by atoms with E-state index >= 15 is 0 Å². The van der Waals surface area contributed by atoms with Crippen LogP contribution in [-0.4, -0.2) is 12.1 Å². The molecule has 116 valence electrons. The highest BCUT2D eigenvalue weighted by Crippen LogP contribution is 2.60. The maximum atomic E-state index is 12.5. The molecule has 0 aromatic heterocycles. The Kier molecular flexibility index (Phi) is 4.46. The van der Waals surface area contributed by atoms with Gasteiger partial charge in [-0.1, -0.05) is 37.1 Å². The van der Waals surface area contributed by atoms with Crippen LogP contribution in [0.4, 0.5) is 0 Å². The van der Waals surface area contributed by atoms with Crippen LogP contribution in [0.3, 0.4) is 0 Å². The van der Waals surface area contributed by atoms with Crippen molar-refractivity contribution in [2.75, 3.05) is 0 Å². The third kappa shape index (κ3) is 3.14. The lowest BCUT2D eigenvalue weighted by atomic mass is 10.1. The summed E-state index contributed by atoms with van der Waals surface area (Å²) in [7, 11) is 0. The average molecular weight is 288 g/mol. The maximum absolute atomic E-state index is 12.5. The maximum Gasteiger partial charge on any atom is 0.310 e. The Morgan fingerprint density at radius 3 is 2.67 bits per heavy atom. The molecule has 0 unspecified atom stereocenters. The van der Waals surface area contributed by atoms with Gasteiger partial charge in [0.2, 0.25) is 0 Å². The van der Waals surface area contributed by atoms with Gasteiger partial charge in [0.15, 0.2) is 0 Å². The largest absolute Gasteiger partial charge is 0.458 e. The molecule has 0 amide bonds. The smallest absolute Gasteiger partial charge is 0.310 e. The van der Waals surface area contributed by atoms with Gasteiger partial charge < -0.3 is 4.74 Å². The lowest BCUT2D eigenvalue weighted by Gasteiger charge is -2.14. The number of rotatable bonds is 5. The fraction of sp³-hybridized carbons (Fsp3) is 0.632. The summed E-state index contributed by atoms with van der Waals surface area (Å²) in [6, 6.07) is 0. The first-order valence-electron chi connectivity index (χ1n) is 7.94. The van der Waals surface area contributed by atoms with Crippen LogP contribution in [0.25, 0.3) is 0 Å². The standard InChI is InChI=1S/C19H28O2/c1-7-8-14-9-10-16(13(14)4)21-18(20)17-15(11-12(2)3)19(17,5)6/h7,11,15-17H,1,8-10H2,2-6H3/t15-,16+,17+/m1/s1. The molecule has 1 saturated carbocycles. The minimum absolute atomic E-state index is 0.0173. The van der Waals surface area contributed by atoms with Crippen LogP contribution in [0.2, 0.25) is 0 Å². The van der Waals surface area contributed by atoms with Gasteiger partial charge in [0.05, 0.1) is 5.92 Å². The molecule has 2 heteroatoms. The Balaban J connectivity index is 2.01. The van der Waals surface area contributed by atoms with Gasteiger partial charge >= 0.3 is 5.97 Å². The number of carbonyl (C=O) groups is 1. The average Bonchev–Trinajstić information content (AvgIpc) is 2.73. The van der Waals surface area contributed by atoms with Crippen molar-refractivity contribution in [3.63, 3.8) is 0 Å². The van der Waals surface area contributed by atoms with Gasteiger partial charge in [0, 0.05) is 0 Å². The van der Waals surface area contributed by atoms with E-state index in [1.54, 1.807) is 0 Å². The van der Waals surface area contributed by atoms with E-state index in [0.29, 0.717) is 5.92 Å². The molecule has 2 aliphatic carbocycles. The van der Waals surface area contributed by atoms with Gasteiger partial charge in [0.1, 0.15) is 6.10 Å². The SMILES string of the molecule is C=CCC1=C(C)[C@@H](OC(=O)[C@@H]2[C@@H](C=C(C)C)C2(C)C)CC1. The lowest BCUT2D eigenvalue weighted by Crippen LogP contribution is -2.20. The topological polar surface area (TPSA) is 26.3 Å². The Hall–Kier alpha value is -1.31. The number of hydrogen-bond donors (Lipinski definition) is 0. The quantitative estimate of drug-likeness (QED) is 0.535. The summed E-state index contributed by atoms with van der Waals surface area (Å²) in [4.78, 5) is 12.5. The molecule has 0 radical (unpaired) electrons. The van der Waals surface area contributed by atoms with Crippen molar-refractivity contribution in [1.29, 1.82) is 0 Å². The van der Waals surface area contributed by atoms with Crippen molar-refractivity contribution >= 4 is 5.97 Å². The summed E-state index contributed by atoms with van der Waals surface area (Å²) < 4.78 is 5.81. The second-order valence-corrected chi connectivity index (χ2v) is 7.31. The monoisotopic (exact) mass is 288 g/mol. The molecule has 0 aliphatic heterocycles. The molecule has 2 nitrogen and oxygen atoms in total. The van der Waals surface area contributed by atoms with Crippen molar-refractivity contribution < 1.29 is 9.53 Å². The normalized spacial score (nSPS) is 30.0. The predicted molar refractivity (Wildman–Crippen MR) is 86.8 cm³/mol. The van der Waals surface area contributed by atoms with E-state index in [2.05, 4.69) is 47.3 Å². The molecule has 0 aromatic rings. The first-order chi connectivity index (χ1) is 9.78. The minimum atomic E-state index is -0.0216. The minimum Gasteiger partial charge on any atom is -0.458 e. The molecule has 0 bridgehead atoms. The van der Waals surface area contributed by atoms with Crippen LogP contribution in [0.15, 0.2) is 35.5 Å². The second-order valence-electron chi connectivity index (χ2n) is 7.31. The molecule has 0 spiro atoms. The fourth-order valence-electron chi connectivity index (χ4n) is 3.54. The summed E-state index contributed by atoms with van der Waals surface area (Å²) in [6.45, 7) is 14.4. The zero-order valence-corrected chi connectivity index (χ0v) is 14.0. The van der Waals surface area contributed by atoms with E-state index in [4.69, 9.17) is 4.74 Å². The number of carbonyl (C=O) groups excluding carboxylic acids is 1. The van der Waals surface area contributed by atoms with Gasteiger partial charge in [-0.25, -0.2) is 0 Å². The van der Waals surface area contributed by atoms with E-state index in [9.17, 15) is 4.79 Å². The Morgan fingerprint density at radius 2 is 2.10 bits per heavy atom. The summed E-state index contributed by atoms with van der Waals surface area (Å²) in [5.41, 5.74) is 3.93. The van der Waals surface area contributed by atoms with E-state index < -0.39 is 0 Å². The molecular weight excluding hydrogens is 260 g/mol. The molecule has 0 saturated heterocycles. The van der Waals surface area contributed by atoms with Crippen LogP contribution < -0.4 is 0 Å². The highest BCUT2D eigenvalue weighted by Gasteiger charge is 2.61. The van der Waals surface area contributed by atoms with Gasteiger partial charge in [-0.15, -0.1) is 6.58 Å². The molecule has 0 heterocycles. The molecule has 2 aliphatic rings. The van der Waals surface area contributed by atoms with Crippen LogP contribution in [0.5, 0.6) is 0 Å². The molecular formula is C19H28O2. The van der Waals surface area contributed by atoms with Crippen molar-refractivity contribution in [1.82, 2.24) is 0 Å². The number of esters is 1. The summed E-state index contributed by atoms with van der Waals surface area (Å²) >= 11 is 0. The number of ether oxygens (including phenoxy) is 1. The first-order valence-corrected chi connectivity index (χ1v) is 7.94. The highest BCUT2D eigenvalue weighted by molar-refractivity contribution is 5.78. The zero-order chi connectivity index (χ0) is 15.8. The van der Waals surface area contributed by atoms with Gasteiger partial charge in [-0.2, -0.15) is 0 Å². The van der Waals surface area contributed by atoms with E-state index in [0.717, 1.165) is 19.3 Å². The molecule has 0 aromatic carbocycles. The van der Waals surface area contributed by atoms with Crippen LogP contribution in [0.1, 0.15) is 53.9 Å². The summed E-state index contributed by atoms with van der Waals surface area (Å²) in [5, 5.41) is 0. The van der Waals surface area contributed by atoms with Crippen molar-refractivity contribution in [3.05, 3.63) is 35.5 Å². The van der Waals surface area contributed by atoms with Crippen molar-refractivity contribution in [2.45, 2.75) is 60.0 Å². The third-order valence-corrected chi connectivity index (χ3v) is 5.08. The van der Waals surface area contributed by atoms with Crippen molar-refractivity contribution in [3.8, 4) is 0 Å². The first kappa shape index (κ1) is 16.1. The van der Waals surface area contributed by atoms with Crippen LogP contribution in [-0.2, 0) is 9.53 Å². The molecule has 2 rings (SSSR count).